The van der Waals surface area contributed by atoms with Crippen molar-refractivity contribution in [1.82, 2.24) is 39.0 Å². The van der Waals surface area contributed by atoms with Gasteiger partial charge in [0, 0.05) is 54.2 Å². The summed E-state index contributed by atoms with van der Waals surface area (Å²) < 4.78 is 28.2. The van der Waals surface area contributed by atoms with Gasteiger partial charge in [-0.25, -0.2) is 23.1 Å². The fourth-order valence-corrected chi connectivity index (χ4v) is 5.27. The normalized spacial score (nSPS) is 18.8. The standard InChI is InChI=1S/C23H26N10O3S/c1-14(2)28-18-7-22(33-23-16(10-27-33)6-15(8-24)9-26-23)25-11-17(18)19-12-32(30-29-19)20-4-5-31(13-21(20)34)37(3,35)36/h6-7,9-12,14,20-21,34H,4-5,13H2,1-3H3,(H,25,28)/t20-,21-/m1/s1. The number of hydrogen-bond donors (Lipinski definition) is 2. The third kappa shape index (κ3) is 4.88. The number of rotatable bonds is 6. The lowest BCUT2D eigenvalue weighted by Crippen LogP contribution is -2.46. The van der Waals surface area contributed by atoms with E-state index in [-0.39, 0.29) is 12.6 Å². The number of nitrogens with zero attached hydrogens (tertiary/aromatic N) is 9. The highest BCUT2D eigenvalue weighted by Crippen LogP contribution is 2.31. The van der Waals surface area contributed by atoms with Crippen molar-refractivity contribution in [3.63, 3.8) is 0 Å². The van der Waals surface area contributed by atoms with E-state index in [9.17, 15) is 13.5 Å². The van der Waals surface area contributed by atoms with Gasteiger partial charge < -0.3 is 10.4 Å². The molecule has 0 unspecified atom stereocenters. The highest BCUT2D eigenvalue weighted by atomic mass is 32.2. The zero-order chi connectivity index (χ0) is 26.3. The lowest BCUT2D eigenvalue weighted by atomic mass is 10.0. The van der Waals surface area contributed by atoms with E-state index in [0.717, 1.165) is 17.3 Å². The second-order valence-electron chi connectivity index (χ2n) is 9.32. The Morgan fingerprint density at radius 2 is 2.03 bits per heavy atom. The average molecular weight is 523 g/mol. The molecule has 14 heteroatoms. The van der Waals surface area contributed by atoms with Crippen LogP contribution in [-0.4, -0.2) is 84.1 Å². The maximum absolute atomic E-state index is 11.8. The van der Waals surface area contributed by atoms with Gasteiger partial charge in [-0.1, -0.05) is 5.21 Å². The lowest BCUT2D eigenvalue weighted by molar-refractivity contribution is 0.0514. The van der Waals surface area contributed by atoms with Gasteiger partial charge in [-0.3, -0.25) is 0 Å². The van der Waals surface area contributed by atoms with Gasteiger partial charge >= 0.3 is 0 Å². The van der Waals surface area contributed by atoms with E-state index in [1.54, 1.807) is 34.0 Å². The first-order valence-corrected chi connectivity index (χ1v) is 13.5. The number of β-amino-alcohol motifs (C(OH)–C–C–N with tert-alkyl or cyclic N) is 1. The van der Waals surface area contributed by atoms with Crippen LogP contribution < -0.4 is 5.32 Å². The number of anilines is 1. The Bertz CT molecular complexity index is 1600. The Morgan fingerprint density at radius 3 is 2.73 bits per heavy atom. The Morgan fingerprint density at radius 1 is 1.22 bits per heavy atom. The quantitative estimate of drug-likeness (QED) is 0.377. The van der Waals surface area contributed by atoms with Crippen molar-refractivity contribution in [3.8, 4) is 23.1 Å². The molecule has 37 heavy (non-hydrogen) atoms. The van der Waals surface area contributed by atoms with Crippen LogP contribution in [0.25, 0.3) is 28.1 Å². The molecule has 0 aromatic carbocycles. The molecule has 0 aliphatic carbocycles. The zero-order valence-electron chi connectivity index (χ0n) is 20.5. The van der Waals surface area contributed by atoms with Crippen molar-refractivity contribution < 1.29 is 13.5 Å². The summed E-state index contributed by atoms with van der Waals surface area (Å²) in [5.41, 5.74) is 3.06. The van der Waals surface area contributed by atoms with Gasteiger partial charge in [-0.15, -0.1) is 5.10 Å². The minimum absolute atomic E-state index is 0.0107. The zero-order valence-corrected chi connectivity index (χ0v) is 21.3. The number of hydrogen-bond acceptors (Lipinski definition) is 10. The van der Waals surface area contributed by atoms with Crippen LogP contribution in [0.4, 0.5) is 5.69 Å². The SMILES string of the molecule is CC(C)Nc1cc(-n2ncc3cc(C#N)cnc32)ncc1-c1cn([C@@H]2CCN(S(C)(=O)=O)C[C@H]2O)nn1. The number of nitriles is 1. The van der Waals surface area contributed by atoms with E-state index in [1.165, 1.54) is 10.5 Å². The molecule has 13 nitrogen and oxygen atoms in total. The third-order valence-electron chi connectivity index (χ3n) is 6.19. The van der Waals surface area contributed by atoms with Gasteiger partial charge in [0.05, 0.1) is 36.4 Å². The van der Waals surface area contributed by atoms with E-state index < -0.39 is 22.2 Å². The molecule has 5 rings (SSSR count). The first-order valence-electron chi connectivity index (χ1n) is 11.7. The van der Waals surface area contributed by atoms with Crippen LogP contribution in [0, 0.1) is 11.3 Å². The van der Waals surface area contributed by atoms with Crippen molar-refractivity contribution in [3.05, 3.63) is 42.5 Å². The van der Waals surface area contributed by atoms with Crippen molar-refractivity contribution in [2.75, 3.05) is 24.7 Å². The molecule has 0 saturated carbocycles. The number of aliphatic hydroxyl groups is 1. The number of fused-ring (bicyclic) bond motifs is 1. The molecule has 1 saturated heterocycles. The average Bonchev–Trinajstić information content (AvgIpc) is 3.50. The second kappa shape index (κ2) is 9.51. The van der Waals surface area contributed by atoms with Crippen LogP contribution in [-0.2, 0) is 10.0 Å². The lowest BCUT2D eigenvalue weighted by Gasteiger charge is -2.34. The molecule has 2 N–H and O–H groups in total. The maximum atomic E-state index is 11.8. The Kier molecular flexibility index (Phi) is 6.36. The van der Waals surface area contributed by atoms with Crippen LogP contribution >= 0.6 is 0 Å². The van der Waals surface area contributed by atoms with E-state index in [4.69, 9.17) is 5.26 Å². The fourth-order valence-electron chi connectivity index (χ4n) is 4.41. The van der Waals surface area contributed by atoms with E-state index >= 15 is 0 Å². The van der Waals surface area contributed by atoms with Crippen LogP contribution in [0.1, 0.15) is 31.9 Å². The van der Waals surface area contributed by atoms with Crippen LogP contribution in [0.5, 0.6) is 0 Å². The molecule has 1 aliphatic heterocycles. The van der Waals surface area contributed by atoms with E-state index in [0.29, 0.717) is 41.3 Å². The van der Waals surface area contributed by atoms with Crippen molar-refractivity contribution in [2.24, 2.45) is 0 Å². The summed E-state index contributed by atoms with van der Waals surface area (Å²) in [5, 5.41) is 36.9. The molecule has 2 atom stereocenters. The molecule has 0 spiro atoms. The predicted molar refractivity (Wildman–Crippen MR) is 135 cm³/mol. The highest BCUT2D eigenvalue weighted by molar-refractivity contribution is 7.88. The number of pyridine rings is 2. The van der Waals surface area contributed by atoms with Crippen molar-refractivity contribution >= 4 is 26.7 Å². The topological polar surface area (TPSA) is 168 Å². The summed E-state index contributed by atoms with van der Waals surface area (Å²) in [4.78, 5) is 8.96. The van der Waals surface area contributed by atoms with Gasteiger partial charge in [0.15, 0.2) is 11.5 Å². The number of piperidine rings is 1. The molecule has 192 valence electrons. The monoisotopic (exact) mass is 522 g/mol. The minimum Gasteiger partial charge on any atom is -0.390 e. The molecule has 1 fully saturated rings. The Balaban J connectivity index is 1.47. The molecule has 5 heterocycles. The van der Waals surface area contributed by atoms with Gasteiger partial charge in [0.2, 0.25) is 10.0 Å². The van der Waals surface area contributed by atoms with E-state index in [1.807, 2.05) is 19.9 Å². The fraction of sp³-hybridized carbons (Fsp3) is 0.391. The Labute approximate surface area is 213 Å². The summed E-state index contributed by atoms with van der Waals surface area (Å²) in [7, 11) is -3.37. The number of aromatic nitrogens is 7. The van der Waals surface area contributed by atoms with Gasteiger partial charge in [0.1, 0.15) is 11.8 Å². The van der Waals surface area contributed by atoms with Crippen LogP contribution in [0.2, 0.25) is 0 Å². The summed E-state index contributed by atoms with van der Waals surface area (Å²) in [5.74, 6) is 0.537. The van der Waals surface area contributed by atoms with Crippen molar-refractivity contribution in [1.29, 1.82) is 5.26 Å². The van der Waals surface area contributed by atoms with Gasteiger partial charge in [-0.05, 0) is 26.3 Å². The second-order valence-corrected chi connectivity index (χ2v) is 11.3. The third-order valence-corrected chi connectivity index (χ3v) is 7.46. The molecule has 4 aromatic heterocycles. The summed E-state index contributed by atoms with van der Waals surface area (Å²) in [6.07, 6.45) is 7.19. The minimum atomic E-state index is -3.37. The summed E-state index contributed by atoms with van der Waals surface area (Å²) in [6, 6.07) is 5.36. The first-order chi connectivity index (χ1) is 17.6. The van der Waals surface area contributed by atoms with Gasteiger partial charge in [-0.2, -0.15) is 19.3 Å². The molecule has 0 radical (unpaired) electrons. The first kappa shape index (κ1) is 24.8. The number of sulfonamides is 1. The van der Waals surface area contributed by atoms with Crippen LogP contribution in [0.3, 0.4) is 0 Å². The molecular formula is C23H26N10O3S. The molecule has 1 aliphatic rings. The molecule has 0 amide bonds. The summed E-state index contributed by atoms with van der Waals surface area (Å²) in [6.45, 7) is 4.34. The van der Waals surface area contributed by atoms with Crippen LogP contribution in [0.15, 0.2) is 36.9 Å². The van der Waals surface area contributed by atoms with Crippen molar-refractivity contribution in [2.45, 2.75) is 38.5 Å². The maximum Gasteiger partial charge on any atom is 0.211 e. The molecular weight excluding hydrogens is 496 g/mol. The highest BCUT2D eigenvalue weighted by Gasteiger charge is 2.33. The number of aliphatic hydroxyl groups excluding tert-OH is 1. The smallest absolute Gasteiger partial charge is 0.211 e. The molecule has 4 aromatic rings. The Hall–Kier alpha value is -3.93. The largest absolute Gasteiger partial charge is 0.390 e. The predicted octanol–water partition coefficient (Wildman–Crippen LogP) is 1.33. The molecule has 0 bridgehead atoms. The summed E-state index contributed by atoms with van der Waals surface area (Å²) >= 11 is 0. The number of nitrogens with one attached hydrogen (secondary N) is 1. The van der Waals surface area contributed by atoms with Gasteiger partial charge in [0.25, 0.3) is 0 Å². The van der Waals surface area contributed by atoms with E-state index in [2.05, 4.69) is 36.8 Å².